The highest BCUT2D eigenvalue weighted by Crippen LogP contribution is 2.19. The van der Waals surface area contributed by atoms with Gasteiger partial charge in [0.2, 0.25) is 5.91 Å². The van der Waals surface area contributed by atoms with E-state index in [0.29, 0.717) is 12.3 Å². The van der Waals surface area contributed by atoms with Crippen LogP contribution in [-0.4, -0.2) is 53.4 Å². The molecule has 1 fully saturated rings. The minimum absolute atomic E-state index is 0. The number of benzene rings is 2. The van der Waals surface area contributed by atoms with E-state index in [4.69, 9.17) is 0 Å². The molecule has 0 atom stereocenters. The number of fused-ring (bicyclic) bond motifs is 1. The van der Waals surface area contributed by atoms with Crippen LogP contribution in [0.1, 0.15) is 24.0 Å². The van der Waals surface area contributed by atoms with Crippen LogP contribution in [-0.2, 0) is 11.2 Å². The third-order valence-electron chi connectivity index (χ3n) is 5.71. The molecular weight excluding hydrogens is 394 g/mol. The Morgan fingerprint density at radius 2 is 1.70 bits per heavy atom. The minimum atomic E-state index is 0. The Balaban J connectivity index is 0.00000256. The van der Waals surface area contributed by atoms with E-state index in [1.54, 1.807) is 0 Å². The number of rotatable bonds is 7. The molecule has 2 aromatic carbocycles. The number of aryl methyl sites for hydroxylation is 1. The van der Waals surface area contributed by atoms with Crippen molar-refractivity contribution in [2.45, 2.75) is 19.3 Å². The summed E-state index contributed by atoms with van der Waals surface area (Å²) in [5.74, 6) is 0.296. The molecule has 0 spiro atoms. The number of aromatic nitrogens is 1. The molecule has 2 heterocycles. The van der Waals surface area contributed by atoms with Gasteiger partial charge in [0.25, 0.3) is 0 Å². The molecule has 0 radical (unpaired) electrons. The maximum Gasteiger partial charge on any atom is 0.222 e. The van der Waals surface area contributed by atoms with Gasteiger partial charge in [-0.2, -0.15) is 0 Å². The number of hydrogen-bond donors (Lipinski definition) is 1. The van der Waals surface area contributed by atoms with E-state index in [2.05, 4.69) is 70.7 Å². The summed E-state index contributed by atoms with van der Waals surface area (Å²) in [4.78, 5) is 20.3. The van der Waals surface area contributed by atoms with Crippen molar-refractivity contribution in [1.82, 2.24) is 14.8 Å². The number of piperazine rings is 1. The maximum atomic E-state index is 12.6. The Bertz CT molecular complexity index is 959. The molecule has 1 aromatic heterocycles. The van der Waals surface area contributed by atoms with Crippen molar-refractivity contribution in [3.63, 3.8) is 0 Å². The number of carbonyl (C=O) groups excluding carboxylic acids is 1. The second-order valence-corrected chi connectivity index (χ2v) is 7.71. The fraction of sp³-hybridized carbons (Fsp3) is 0.320. The first-order chi connectivity index (χ1) is 14.3. The zero-order valence-corrected chi connectivity index (χ0v) is 18.1. The quantitative estimate of drug-likeness (QED) is 0.594. The van der Waals surface area contributed by atoms with Crippen LogP contribution in [0.25, 0.3) is 17.0 Å². The summed E-state index contributed by atoms with van der Waals surface area (Å²) >= 11 is 0. The summed E-state index contributed by atoms with van der Waals surface area (Å²) in [5.41, 5.74) is 3.71. The number of nitrogens with one attached hydrogen (secondary N) is 1. The molecule has 30 heavy (non-hydrogen) atoms. The number of halogens is 1. The van der Waals surface area contributed by atoms with Gasteiger partial charge < -0.3 is 9.88 Å². The Hall–Kier alpha value is -2.56. The Labute approximate surface area is 185 Å². The van der Waals surface area contributed by atoms with Crippen molar-refractivity contribution in [1.29, 1.82) is 0 Å². The molecule has 0 saturated carbocycles. The normalized spacial score (nSPS) is 14.9. The van der Waals surface area contributed by atoms with Crippen LogP contribution in [0.4, 0.5) is 0 Å². The van der Waals surface area contributed by atoms with Crippen molar-refractivity contribution in [3.05, 3.63) is 78.0 Å². The second-order valence-electron chi connectivity index (χ2n) is 7.71. The molecule has 158 valence electrons. The molecule has 4 rings (SSSR count). The monoisotopic (exact) mass is 423 g/mol. The predicted octanol–water partition coefficient (Wildman–Crippen LogP) is 4.77. The molecule has 1 N–H and O–H groups in total. The van der Waals surface area contributed by atoms with Crippen molar-refractivity contribution >= 4 is 35.3 Å². The van der Waals surface area contributed by atoms with Crippen LogP contribution >= 0.6 is 12.4 Å². The summed E-state index contributed by atoms with van der Waals surface area (Å²) in [7, 11) is 0. The van der Waals surface area contributed by atoms with Crippen LogP contribution < -0.4 is 0 Å². The first-order valence-electron chi connectivity index (χ1n) is 10.6. The van der Waals surface area contributed by atoms with E-state index in [9.17, 15) is 4.79 Å². The van der Waals surface area contributed by atoms with Crippen molar-refractivity contribution < 1.29 is 4.79 Å². The zero-order valence-electron chi connectivity index (χ0n) is 17.3. The SMILES string of the molecule is Cl.O=C(CCCc1c[nH]c2ccccc12)N1CCN(CC=Cc2ccccc2)CC1. The van der Waals surface area contributed by atoms with Crippen LogP contribution in [0.15, 0.2) is 66.9 Å². The molecule has 5 heteroatoms. The molecule has 1 aliphatic heterocycles. The average Bonchev–Trinajstić information content (AvgIpc) is 3.18. The van der Waals surface area contributed by atoms with Crippen molar-refractivity contribution in [2.24, 2.45) is 0 Å². The molecule has 3 aromatic rings. The zero-order chi connectivity index (χ0) is 19.9. The Morgan fingerprint density at radius 3 is 2.50 bits per heavy atom. The molecular formula is C25H30ClN3O. The fourth-order valence-corrected chi connectivity index (χ4v) is 4.01. The van der Waals surface area contributed by atoms with E-state index >= 15 is 0 Å². The van der Waals surface area contributed by atoms with Crippen LogP contribution in [0.5, 0.6) is 0 Å². The van der Waals surface area contributed by atoms with Gasteiger partial charge in [-0.3, -0.25) is 9.69 Å². The smallest absolute Gasteiger partial charge is 0.222 e. The number of amides is 1. The van der Waals surface area contributed by atoms with Crippen LogP contribution in [0.3, 0.4) is 0 Å². The number of hydrogen-bond acceptors (Lipinski definition) is 2. The highest BCUT2D eigenvalue weighted by molar-refractivity contribution is 5.85. The molecule has 0 aliphatic carbocycles. The van der Waals surface area contributed by atoms with Gasteiger partial charge in [0, 0.05) is 56.2 Å². The number of H-pyrrole nitrogens is 1. The minimum Gasteiger partial charge on any atom is -0.361 e. The standard InChI is InChI=1S/C25H29N3O.ClH/c29-25(14-6-11-22-20-26-24-13-5-4-12-23(22)24)28-18-16-27(17-19-28)15-7-10-21-8-2-1-3-9-21;/h1-5,7-10,12-13,20,26H,6,11,14-19H2;1H. The van der Waals surface area contributed by atoms with Gasteiger partial charge in [0.1, 0.15) is 0 Å². The fourth-order valence-electron chi connectivity index (χ4n) is 4.01. The summed E-state index contributed by atoms with van der Waals surface area (Å²) in [6, 6.07) is 18.7. The predicted molar refractivity (Wildman–Crippen MR) is 127 cm³/mol. The largest absolute Gasteiger partial charge is 0.361 e. The van der Waals surface area contributed by atoms with E-state index in [0.717, 1.165) is 45.6 Å². The molecule has 4 nitrogen and oxygen atoms in total. The van der Waals surface area contributed by atoms with Crippen molar-refractivity contribution in [3.8, 4) is 0 Å². The first-order valence-corrected chi connectivity index (χ1v) is 10.6. The molecule has 1 amide bonds. The average molecular weight is 424 g/mol. The van der Waals surface area contributed by atoms with E-state index in [1.165, 1.54) is 22.0 Å². The maximum absolute atomic E-state index is 12.6. The van der Waals surface area contributed by atoms with E-state index in [-0.39, 0.29) is 12.4 Å². The third kappa shape index (κ3) is 5.74. The summed E-state index contributed by atoms with van der Waals surface area (Å²) in [6.45, 7) is 4.52. The number of nitrogens with zero attached hydrogens (tertiary/aromatic N) is 2. The molecule has 0 bridgehead atoms. The van der Waals surface area contributed by atoms with E-state index in [1.807, 2.05) is 17.0 Å². The lowest BCUT2D eigenvalue weighted by atomic mass is 10.1. The van der Waals surface area contributed by atoms with Gasteiger partial charge in [-0.15, -0.1) is 12.4 Å². The number of aromatic amines is 1. The lowest BCUT2D eigenvalue weighted by Crippen LogP contribution is -2.48. The molecule has 1 saturated heterocycles. The summed E-state index contributed by atoms with van der Waals surface area (Å²) in [5, 5.41) is 1.28. The first kappa shape index (κ1) is 22.1. The van der Waals surface area contributed by atoms with Gasteiger partial charge in [-0.1, -0.05) is 60.7 Å². The topological polar surface area (TPSA) is 39.3 Å². The van der Waals surface area contributed by atoms with Crippen molar-refractivity contribution in [2.75, 3.05) is 32.7 Å². The lowest BCUT2D eigenvalue weighted by Gasteiger charge is -2.34. The number of carbonyl (C=O) groups is 1. The lowest BCUT2D eigenvalue weighted by molar-refractivity contribution is -0.132. The number of para-hydroxylation sites is 1. The highest BCUT2D eigenvalue weighted by Gasteiger charge is 2.20. The van der Waals surface area contributed by atoms with Gasteiger partial charge in [-0.25, -0.2) is 0 Å². The van der Waals surface area contributed by atoms with Crippen LogP contribution in [0, 0.1) is 0 Å². The van der Waals surface area contributed by atoms with Crippen LogP contribution in [0.2, 0.25) is 0 Å². The third-order valence-corrected chi connectivity index (χ3v) is 5.71. The molecule has 1 aliphatic rings. The van der Waals surface area contributed by atoms with Gasteiger partial charge in [-0.05, 0) is 30.0 Å². The summed E-state index contributed by atoms with van der Waals surface area (Å²) in [6.07, 6.45) is 8.95. The molecule has 0 unspecified atom stereocenters. The Morgan fingerprint density at radius 1 is 0.967 bits per heavy atom. The van der Waals surface area contributed by atoms with Gasteiger partial charge in [0.05, 0.1) is 0 Å². The summed E-state index contributed by atoms with van der Waals surface area (Å²) < 4.78 is 0. The van der Waals surface area contributed by atoms with Gasteiger partial charge >= 0.3 is 0 Å². The van der Waals surface area contributed by atoms with Gasteiger partial charge in [0.15, 0.2) is 0 Å². The second kappa shape index (κ2) is 11.0. The highest BCUT2D eigenvalue weighted by atomic mass is 35.5. The van der Waals surface area contributed by atoms with E-state index < -0.39 is 0 Å². The Kier molecular flexibility index (Phi) is 8.12.